The van der Waals surface area contributed by atoms with Crippen LogP contribution in [-0.4, -0.2) is 38.1 Å². The fraction of sp³-hybridized carbons (Fsp3) is 0.238. The van der Waals surface area contributed by atoms with E-state index >= 15 is 0 Å². The van der Waals surface area contributed by atoms with Gasteiger partial charge in [-0.3, -0.25) is 0 Å². The van der Waals surface area contributed by atoms with Gasteiger partial charge in [0.2, 0.25) is 5.96 Å². The lowest BCUT2D eigenvalue weighted by Crippen LogP contribution is -2.30. The first-order valence-electron chi connectivity index (χ1n) is 8.78. The molecule has 2 N–H and O–H groups in total. The molecule has 0 amide bonds. The molecule has 1 aliphatic heterocycles. The summed E-state index contributed by atoms with van der Waals surface area (Å²) in [6.07, 6.45) is 2.87. The summed E-state index contributed by atoms with van der Waals surface area (Å²) in [5, 5.41) is 6.46. The number of rotatable bonds is 7. The average Bonchev–Trinajstić information content (AvgIpc) is 2.68. The lowest BCUT2D eigenvalue weighted by Gasteiger charge is -2.17. The maximum absolute atomic E-state index is 5.75. The standard InChI is InChI=1S/C21H25N4O/c1-25(2)13-6-14-26-20-11-9-19(10-12-20)24-21-22-15-18(16-23-21)17-7-4-3-5-8-17/h3-5,7-12,15-16H,6,13-14H2,1-2H3,(H2,22,23,24). The SMILES string of the molecule is CN(C)CCCOc1ccc(NC2=NC=C(c3ccccc3)[CH]N2)cc1. The van der Waals surface area contributed by atoms with E-state index < -0.39 is 0 Å². The second kappa shape index (κ2) is 9.06. The van der Waals surface area contributed by atoms with E-state index in [-0.39, 0.29) is 0 Å². The maximum Gasteiger partial charge on any atom is 0.201 e. The maximum atomic E-state index is 5.75. The number of benzene rings is 2. The van der Waals surface area contributed by atoms with Crippen LogP contribution in [0.25, 0.3) is 5.57 Å². The number of guanidine groups is 1. The Morgan fingerprint density at radius 3 is 2.46 bits per heavy atom. The monoisotopic (exact) mass is 349 g/mol. The van der Waals surface area contributed by atoms with Crippen LogP contribution in [0.5, 0.6) is 5.75 Å². The Labute approximate surface area is 155 Å². The van der Waals surface area contributed by atoms with Crippen LogP contribution < -0.4 is 15.4 Å². The van der Waals surface area contributed by atoms with Gasteiger partial charge in [0.1, 0.15) is 5.75 Å². The summed E-state index contributed by atoms with van der Waals surface area (Å²) in [6.45, 7) is 3.70. The smallest absolute Gasteiger partial charge is 0.201 e. The minimum atomic E-state index is 0.698. The van der Waals surface area contributed by atoms with Crippen molar-refractivity contribution in [1.29, 1.82) is 0 Å². The predicted octanol–water partition coefficient (Wildman–Crippen LogP) is 3.59. The lowest BCUT2D eigenvalue weighted by atomic mass is 10.1. The van der Waals surface area contributed by atoms with Gasteiger partial charge in [-0.2, -0.15) is 0 Å². The molecular weight excluding hydrogens is 324 g/mol. The van der Waals surface area contributed by atoms with Crippen molar-refractivity contribution >= 4 is 17.2 Å². The normalized spacial score (nSPS) is 13.7. The zero-order chi connectivity index (χ0) is 18.2. The van der Waals surface area contributed by atoms with Crippen LogP contribution in [0.15, 0.2) is 65.8 Å². The zero-order valence-corrected chi connectivity index (χ0v) is 15.3. The van der Waals surface area contributed by atoms with Gasteiger partial charge in [-0.25, -0.2) is 4.99 Å². The first-order chi connectivity index (χ1) is 12.7. The number of hydrogen-bond acceptors (Lipinski definition) is 5. The molecule has 26 heavy (non-hydrogen) atoms. The molecule has 0 bridgehead atoms. The largest absolute Gasteiger partial charge is 0.494 e. The summed E-state index contributed by atoms with van der Waals surface area (Å²) in [7, 11) is 4.13. The Kier molecular flexibility index (Phi) is 6.28. The van der Waals surface area contributed by atoms with Gasteiger partial charge >= 0.3 is 0 Å². The van der Waals surface area contributed by atoms with Gasteiger partial charge < -0.3 is 20.3 Å². The van der Waals surface area contributed by atoms with Gasteiger partial charge in [0.05, 0.1) is 13.2 Å². The molecule has 2 aromatic carbocycles. The quantitative estimate of drug-likeness (QED) is 0.750. The van der Waals surface area contributed by atoms with Gasteiger partial charge in [0.15, 0.2) is 0 Å². The third-order valence-electron chi connectivity index (χ3n) is 3.94. The molecule has 0 fully saturated rings. The first-order valence-corrected chi connectivity index (χ1v) is 8.78. The van der Waals surface area contributed by atoms with E-state index in [1.807, 2.05) is 55.2 Å². The molecule has 0 saturated carbocycles. The van der Waals surface area contributed by atoms with Crippen LogP contribution in [-0.2, 0) is 0 Å². The molecule has 1 aliphatic rings. The fourth-order valence-corrected chi connectivity index (χ4v) is 2.55. The van der Waals surface area contributed by atoms with E-state index in [2.05, 4.69) is 46.8 Å². The molecule has 2 aromatic rings. The third-order valence-corrected chi connectivity index (χ3v) is 3.94. The highest BCUT2D eigenvalue weighted by atomic mass is 16.5. The van der Waals surface area contributed by atoms with E-state index in [0.717, 1.165) is 42.1 Å². The topological polar surface area (TPSA) is 48.9 Å². The molecule has 135 valence electrons. The molecule has 0 atom stereocenters. The Hall–Kier alpha value is -2.79. The predicted molar refractivity (Wildman–Crippen MR) is 108 cm³/mol. The minimum absolute atomic E-state index is 0.698. The van der Waals surface area contributed by atoms with Gasteiger partial charge in [0.25, 0.3) is 0 Å². The molecule has 3 rings (SSSR count). The molecule has 1 heterocycles. The van der Waals surface area contributed by atoms with Gasteiger partial charge in [0, 0.05) is 24.0 Å². The number of hydrogen-bond donors (Lipinski definition) is 2. The number of nitrogens with zero attached hydrogens (tertiary/aromatic N) is 2. The molecule has 0 aromatic heterocycles. The Morgan fingerprint density at radius 1 is 1.04 bits per heavy atom. The summed E-state index contributed by atoms with van der Waals surface area (Å²) in [5.74, 6) is 1.58. The van der Waals surface area contributed by atoms with Crippen LogP contribution in [0.4, 0.5) is 5.69 Å². The van der Waals surface area contributed by atoms with E-state index in [0.29, 0.717) is 5.96 Å². The summed E-state index contributed by atoms with van der Waals surface area (Å²) in [6, 6.07) is 18.1. The zero-order valence-electron chi connectivity index (χ0n) is 15.3. The Bertz CT molecular complexity index is 751. The lowest BCUT2D eigenvalue weighted by molar-refractivity contribution is 0.281. The van der Waals surface area contributed by atoms with E-state index in [9.17, 15) is 0 Å². The van der Waals surface area contributed by atoms with Crippen LogP contribution >= 0.6 is 0 Å². The van der Waals surface area contributed by atoms with Crippen molar-refractivity contribution in [2.75, 3.05) is 32.6 Å². The third kappa shape index (κ3) is 5.36. The molecule has 1 radical (unpaired) electrons. The van der Waals surface area contributed by atoms with Crippen LogP contribution in [0.1, 0.15) is 12.0 Å². The van der Waals surface area contributed by atoms with Crippen molar-refractivity contribution in [2.24, 2.45) is 4.99 Å². The van der Waals surface area contributed by atoms with Crippen LogP contribution in [0.2, 0.25) is 0 Å². The van der Waals surface area contributed by atoms with Crippen LogP contribution in [0, 0.1) is 6.54 Å². The number of ether oxygens (including phenoxy) is 1. The van der Waals surface area contributed by atoms with Crippen molar-refractivity contribution in [1.82, 2.24) is 10.2 Å². The molecule has 0 unspecified atom stereocenters. The molecule has 5 nitrogen and oxygen atoms in total. The molecular formula is C21H25N4O. The van der Waals surface area contributed by atoms with Crippen molar-refractivity contribution in [3.63, 3.8) is 0 Å². The highest BCUT2D eigenvalue weighted by Crippen LogP contribution is 2.19. The van der Waals surface area contributed by atoms with E-state index in [4.69, 9.17) is 4.74 Å². The summed E-state index contributed by atoms with van der Waals surface area (Å²) in [5.41, 5.74) is 3.15. The van der Waals surface area contributed by atoms with Crippen LogP contribution in [0.3, 0.4) is 0 Å². The first kappa shape index (κ1) is 18.0. The highest BCUT2D eigenvalue weighted by molar-refractivity contribution is 5.98. The Balaban J connectivity index is 1.51. The average molecular weight is 349 g/mol. The van der Waals surface area contributed by atoms with Crippen molar-refractivity contribution < 1.29 is 4.74 Å². The minimum Gasteiger partial charge on any atom is -0.494 e. The second-order valence-corrected chi connectivity index (χ2v) is 6.37. The van der Waals surface area contributed by atoms with E-state index in [1.54, 1.807) is 0 Å². The summed E-state index contributed by atoms with van der Waals surface area (Å²) < 4.78 is 5.75. The van der Waals surface area contributed by atoms with Gasteiger partial charge in [-0.1, -0.05) is 30.3 Å². The summed E-state index contributed by atoms with van der Waals surface area (Å²) in [4.78, 5) is 6.60. The fourth-order valence-electron chi connectivity index (χ4n) is 2.55. The van der Waals surface area contributed by atoms with Gasteiger partial charge in [-0.15, -0.1) is 0 Å². The van der Waals surface area contributed by atoms with Crippen molar-refractivity contribution in [2.45, 2.75) is 6.42 Å². The van der Waals surface area contributed by atoms with E-state index in [1.165, 1.54) is 0 Å². The highest BCUT2D eigenvalue weighted by Gasteiger charge is 2.09. The number of nitrogens with one attached hydrogen (secondary N) is 2. The van der Waals surface area contributed by atoms with Gasteiger partial charge in [-0.05, 0) is 50.3 Å². The molecule has 5 heteroatoms. The van der Waals surface area contributed by atoms with Crippen molar-refractivity contribution in [3.05, 3.63) is 72.9 Å². The summed E-state index contributed by atoms with van der Waals surface area (Å²) >= 11 is 0. The molecule has 0 aliphatic carbocycles. The number of anilines is 1. The number of aliphatic imine (C=N–C) groups is 1. The second-order valence-electron chi connectivity index (χ2n) is 6.37. The molecule has 0 saturated heterocycles. The molecule has 0 spiro atoms. The Morgan fingerprint density at radius 2 is 1.81 bits per heavy atom. The van der Waals surface area contributed by atoms with Crippen molar-refractivity contribution in [3.8, 4) is 5.75 Å².